The van der Waals surface area contributed by atoms with Gasteiger partial charge in [-0.3, -0.25) is 10.3 Å². The molecule has 5 nitrogen and oxygen atoms in total. The number of pyridine rings is 1. The molecule has 0 aliphatic carbocycles. The number of ether oxygens (including phenoxy) is 1. The lowest BCUT2D eigenvalue weighted by Gasteiger charge is -2.12. The van der Waals surface area contributed by atoms with Gasteiger partial charge in [0.2, 0.25) is 0 Å². The van der Waals surface area contributed by atoms with Crippen LogP contribution in [0.2, 0.25) is 0 Å². The molecular weight excluding hydrogens is 314 g/mol. The summed E-state index contributed by atoms with van der Waals surface area (Å²) in [7, 11) is 0. The van der Waals surface area contributed by atoms with Gasteiger partial charge in [0.15, 0.2) is 0 Å². The fourth-order valence-electron chi connectivity index (χ4n) is 2.34. The van der Waals surface area contributed by atoms with E-state index in [2.05, 4.69) is 22.7 Å². The molecule has 0 bridgehead atoms. The maximum atomic E-state index is 5.81. The molecule has 1 aromatic carbocycles. The van der Waals surface area contributed by atoms with Crippen LogP contribution in [0.15, 0.2) is 42.6 Å². The van der Waals surface area contributed by atoms with Gasteiger partial charge in [-0.2, -0.15) is 0 Å². The smallest absolute Gasteiger partial charge is 0.125 e. The normalized spacial score (nSPS) is 10.5. The van der Waals surface area contributed by atoms with Crippen LogP contribution >= 0.6 is 0 Å². The van der Waals surface area contributed by atoms with Crippen molar-refractivity contribution in [2.45, 2.75) is 39.5 Å². The topological polar surface area (TPSA) is 55.4 Å². The lowest BCUT2D eigenvalue weighted by molar-refractivity contribution is 0.188. The molecule has 0 radical (unpaired) electrons. The number of nitrogens with one attached hydrogen (secondary N) is 2. The van der Waals surface area contributed by atoms with Crippen molar-refractivity contribution in [2.24, 2.45) is 0 Å². The van der Waals surface area contributed by atoms with Gasteiger partial charge >= 0.3 is 0 Å². The number of hydrogen-bond donors (Lipinski definition) is 2. The van der Waals surface area contributed by atoms with Crippen molar-refractivity contribution in [3.8, 4) is 5.75 Å². The SMILES string of the molecule is CCCCCONc1ccc(OCCCNc2ccccn2)cc1C. The van der Waals surface area contributed by atoms with Gasteiger partial charge in [0.1, 0.15) is 11.6 Å². The molecule has 0 saturated heterocycles. The number of aryl methyl sites for hydroxylation is 1. The van der Waals surface area contributed by atoms with Crippen molar-refractivity contribution < 1.29 is 9.57 Å². The first-order valence-electron chi connectivity index (χ1n) is 9.05. The second-order valence-electron chi connectivity index (χ2n) is 5.98. The average Bonchev–Trinajstić information content (AvgIpc) is 2.63. The fraction of sp³-hybridized carbons (Fsp3) is 0.450. The van der Waals surface area contributed by atoms with Gasteiger partial charge in [0, 0.05) is 12.7 Å². The average molecular weight is 343 g/mol. The van der Waals surface area contributed by atoms with Crippen molar-refractivity contribution >= 4 is 11.5 Å². The van der Waals surface area contributed by atoms with Gasteiger partial charge in [0.05, 0.1) is 18.9 Å². The third kappa shape index (κ3) is 7.44. The molecule has 0 amide bonds. The maximum Gasteiger partial charge on any atom is 0.125 e. The van der Waals surface area contributed by atoms with Crippen LogP contribution in [0.25, 0.3) is 0 Å². The fourth-order valence-corrected chi connectivity index (χ4v) is 2.34. The monoisotopic (exact) mass is 343 g/mol. The molecule has 2 N–H and O–H groups in total. The zero-order valence-electron chi connectivity index (χ0n) is 15.3. The summed E-state index contributed by atoms with van der Waals surface area (Å²) in [6, 6.07) is 11.8. The number of unbranched alkanes of at least 4 members (excludes halogenated alkanes) is 2. The van der Waals surface area contributed by atoms with Gasteiger partial charge in [-0.1, -0.05) is 25.8 Å². The van der Waals surface area contributed by atoms with Crippen molar-refractivity contribution in [1.82, 2.24) is 4.98 Å². The predicted octanol–water partition coefficient (Wildman–Crippen LogP) is 4.80. The second-order valence-corrected chi connectivity index (χ2v) is 5.98. The molecule has 5 heteroatoms. The Balaban J connectivity index is 1.64. The zero-order valence-corrected chi connectivity index (χ0v) is 15.3. The van der Waals surface area contributed by atoms with Gasteiger partial charge in [-0.15, -0.1) is 0 Å². The van der Waals surface area contributed by atoms with Crippen LogP contribution in [-0.2, 0) is 4.84 Å². The van der Waals surface area contributed by atoms with E-state index in [1.165, 1.54) is 12.8 Å². The van der Waals surface area contributed by atoms with Crippen LogP contribution in [0.5, 0.6) is 5.75 Å². The zero-order chi connectivity index (χ0) is 17.7. The summed E-state index contributed by atoms with van der Waals surface area (Å²) in [6.45, 7) is 6.47. The van der Waals surface area contributed by atoms with Crippen LogP contribution in [-0.4, -0.2) is 24.7 Å². The van der Waals surface area contributed by atoms with Gasteiger partial charge in [0.25, 0.3) is 0 Å². The largest absolute Gasteiger partial charge is 0.494 e. The Labute approximate surface area is 150 Å². The number of anilines is 2. The first-order valence-corrected chi connectivity index (χ1v) is 9.05. The van der Waals surface area contributed by atoms with E-state index in [-0.39, 0.29) is 0 Å². The number of rotatable bonds is 12. The lowest BCUT2D eigenvalue weighted by Crippen LogP contribution is -2.08. The highest BCUT2D eigenvalue weighted by atomic mass is 16.6. The summed E-state index contributed by atoms with van der Waals surface area (Å²) in [5, 5.41) is 3.27. The van der Waals surface area contributed by atoms with Crippen LogP contribution in [0.4, 0.5) is 11.5 Å². The molecule has 0 aliphatic rings. The third-order valence-electron chi connectivity index (χ3n) is 3.79. The molecule has 0 atom stereocenters. The molecule has 136 valence electrons. The van der Waals surface area contributed by atoms with E-state index in [1.54, 1.807) is 6.20 Å². The van der Waals surface area contributed by atoms with E-state index in [9.17, 15) is 0 Å². The summed E-state index contributed by atoms with van der Waals surface area (Å²) in [5.74, 6) is 1.78. The molecule has 0 fully saturated rings. The molecule has 2 aromatic rings. The van der Waals surface area contributed by atoms with Gasteiger partial charge in [-0.25, -0.2) is 4.98 Å². The highest BCUT2D eigenvalue weighted by Gasteiger charge is 2.01. The number of aromatic nitrogens is 1. The summed E-state index contributed by atoms with van der Waals surface area (Å²) in [6.07, 6.45) is 6.17. The Morgan fingerprint density at radius 1 is 1.04 bits per heavy atom. The van der Waals surface area contributed by atoms with Crippen molar-refractivity contribution in [1.29, 1.82) is 0 Å². The first-order chi connectivity index (χ1) is 12.3. The minimum Gasteiger partial charge on any atom is -0.494 e. The van der Waals surface area contributed by atoms with Crippen LogP contribution < -0.4 is 15.5 Å². The predicted molar refractivity (Wildman–Crippen MR) is 103 cm³/mol. The highest BCUT2D eigenvalue weighted by Crippen LogP contribution is 2.21. The van der Waals surface area contributed by atoms with Crippen molar-refractivity contribution in [2.75, 3.05) is 30.6 Å². The van der Waals surface area contributed by atoms with Crippen molar-refractivity contribution in [3.05, 3.63) is 48.2 Å². The third-order valence-corrected chi connectivity index (χ3v) is 3.79. The van der Waals surface area contributed by atoms with Crippen molar-refractivity contribution in [3.63, 3.8) is 0 Å². The van der Waals surface area contributed by atoms with Crippen LogP contribution in [0.3, 0.4) is 0 Å². The van der Waals surface area contributed by atoms with E-state index in [4.69, 9.17) is 9.57 Å². The molecular formula is C20H29N3O2. The molecule has 0 spiro atoms. The highest BCUT2D eigenvalue weighted by molar-refractivity contribution is 5.52. The summed E-state index contributed by atoms with van der Waals surface area (Å²) >= 11 is 0. The van der Waals surface area contributed by atoms with Gasteiger partial charge < -0.3 is 10.1 Å². The number of nitrogens with zero attached hydrogens (tertiary/aromatic N) is 1. The first kappa shape index (κ1) is 19.1. The molecule has 0 aliphatic heterocycles. The molecule has 1 aromatic heterocycles. The molecule has 0 unspecified atom stereocenters. The maximum absolute atomic E-state index is 5.81. The molecule has 1 heterocycles. The summed E-state index contributed by atoms with van der Waals surface area (Å²) < 4.78 is 5.81. The van der Waals surface area contributed by atoms with Crippen LogP contribution in [0.1, 0.15) is 38.2 Å². The Bertz CT molecular complexity index is 605. The minimum absolute atomic E-state index is 0.666. The second kappa shape index (κ2) is 11.3. The van der Waals surface area contributed by atoms with E-state index < -0.39 is 0 Å². The molecule has 2 rings (SSSR count). The number of benzene rings is 1. The Hall–Kier alpha value is -2.27. The van der Waals surface area contributed by atoms with Gasteiger partial charge in [-0.05, 0) is 55.7 Å². The Kier molecular flexibility index (Phi) is 8.63. The number of hydrogen-bond acceptors (Lipinski definition) is 5. The van der Waals surface area contributed by atoms with E-state index in [0.717, 1.165) is 48.8 Å². The van der Waals surface area contributed by atoms with E-state index in [0.29, 0.717) is 6.61 Å². The Morgan fingerprint density at radius 3 is 2.72 bits per heavy atom. The molecule has 0 saturated carbocycles. The minimum atomic E-state index is 0.666. The van der Waals surface area contributed by atoms with E-state index in [1.807, 2.05) is 43.3 Å². The lowest BCUT2D eigenvalue weighted by atomic mass is 10.2. The molecule has 25 heavy (non-hydrogen) atoms. The standard InChI is InChI=1S/C20H29N3O2/c1-3-4-7-15-25-23-19-11-10-18(16-17(19)2)24-14-8-13-22-20-9-5-6-12-21-20/h5-6,9-12,16,23H,3-4,7-8,13-15H2,1-2H3,(H,21,22). The summed E-state index contributed by atoms with van der Waals surface area (Å²) in [4.78, 5) is 9.72. The Morgan fingerprint density at radius 2 is 1.96 bits per heavy atom. The van der Waals surface area contributed by atoms with Crippen LogP contribution in [0, 0.1) is 6.92 Å². The summed E-state index contributed by atoms with van der Waals surface area (Å²) in [5.41, 5.74) is 5.12. The quantitative estimate of drug-likeness (QED) is 0.428. The van der Waals surface area contributed by atoms with E-state index >= 15 is 0 Å².